The molecule has 0 aromatic heterocycles. The lowest BCUT2D eigenvalue weighted by Gasteiger charge is -2.07. The second-order valence-electron chi connectivity index (χ2n) is 4.49. The summed E-state index contributed by atoms with van der Waals surface area (Å²) in [6.45, 7) is 3.21. The van der Waals surface area contributed by atoms with Crippen molar-refractivity contribution in [2.75, 3.05) is 12.9 Å². The van der Waals surface area contributed by atoms with E-state index in [2.05, 4.69) is 4.74 Å². The summed E-state index contributed by atoms with van der Waals surface area (Å²) in [5.41, 5.74) is 1.22. The van der Waals surface area contributed by atoms with Gasteiger partial charge < -0.3 is 4.74 Å². The van der Waals surface area contributed by atoms with Crippen molar-refractivity contribution < 1.29 is 19.2 Å². The van der Waals surface area contributed by atoms with Crippen LogP contribution in [0.25, 0.3) is 6.08 Å². The predicted octanol–water partition coefficient (Wildman–Crippen LogP) is 3.37. The van der Waals surface area contributed by atoms with Crippen molar-refractivity contribution >= 4 is 34.6 Å². The number of carbonyl (C=O) groups excluding carboxylic acids is 2. The Morgan fingerprint density at radius 2 is 2.09 bits per heavy atom. The largest absolute Gasteiger partial charge is 0.465 e. The Morgan fingerprint density at radius 3 is 2.64 bits per heavy atom. The summed E-state index contributed by atoms with van der Waals surface area (Å²) in [5, 5.41) is 11.0. The van der Waals surface area contributed by atoms with E-state index in [0.29, 0.717) is 23.3 Å². The minimum Gasteiger partial charge on any atom is -0.465 e. The summed E-state index contributed by atoms with van der Waals surface area (Å²) < 4.78 is 4.65. The molecule has 22 heavy (non-hydrogen) atoms. The van der Waals surface area contributed by atoms with Gasteiger partial charge in [-0.25, -0.2) is 4.79 Å². The van der Waals surface area contributed by atoms with E-state index >= 15 is 0 Å². The van der Waals surface area contributed by atoms with Crippen molar-refractivity contribution in [2.45, 2.75) is 20.3 Å². The van der Waals surface area contributed by atoms with Crippen LogP contribution in [0.3, 0.4) is 0 Å². The van der Waals surface area contributed by atoms with Gasteiger partial charge in [-0.15, -0.1) is 0 Å². The zero-order chi connectivity index (χ0) is 16.7. The molecule has 0 fully saturated rings. The van der Waals surface area contributed by atoms with Crippen LogP contribution >= 0.6 is 11.8 Å². The third-order valence-corrected chi connectivity index (χ3v) is 3.78. The zero-order valence-corrected chi connectivity index (χ0v) is 13.4. The van der Waals surface area contributed by atoms with Crippen LogP contribution in [-0.4, -0.2) is 28.9 Å². The van der Waals surface area contributed by atoms with E-state index < -0.39 is 10.9 Å². The smallest absolute Gasteiger partial charge is 0.338 e. The summed E-state index contributed by atoms with van der Waals surface area (Å²) in [4.78, 5) is 32.9. The monoisotopic (exact) mass is 323 g/mol. The molecule has 0 aliphatic carbocycles. The fraction of sp³-hybridized carbons (Fsp3) is 0.333. The van der Waals surface area contributed by atoms with Gasteiger partial charge in [0.2, 0.25) is 0 Å². The van der Waals surface area contributed by atoms with Gasteiger partial charge in [0.1, 0.15) is 0 Å². The second kappa shape index (κ2) is 8.33. The van der Waals surface area contributed by atoms with E-state index in [9.17, 15) is 19.7 Å². The number of hydrogen-bond donors (Lipinski definition) is 0. The van der Waals surface area contributed by atoms with Gasteiger partial charge in [-0.3, -0.25) is 14.9 Å². The normalized spacial score (nSPS) is 10.7. The number of ether oxygens (including phenoxy) is 1. The minimum absolute atomic E-state index is 0.0490. The van der Waals surface area contributed by atoms with E-state index in [0.717, 1.165) is 0 Å². The van der Waals surface area contributed by atoms with Crippen molar-refractivity contribution in [1.29, 1.82) is 0 Å². The number of methoxy groups -OCH3 is 1. The molecule has 0 atom stereocenters. The lowest BCUT2D eigenvalue weighted by atomic mass is 10.0. The van der Waals surface area contributed by atoms with Crippen LogP contribution in [0.15, 0.2) is 18.2 Å². The minimum atomic E-state index is -0.608. The number of rotatable bonds is 6. The number of thioether (sulfide) groups is 1. The number of nitro groups is 1. The summed E-state index contributed by atoms with van der Waals surface area (Å²) in [7, 11) is 1.23. The Kier molecular flexibility index (Phi) is 6.78. The fourth-order valence-electron chi connectivity index (χ4n) is 1.80. The maximum atomic E-state index is 11.7. The number of benzene rings is 1. The van der Waals surface area contributed by atoms with E-state index in [-0.39, 0.29) is 16.4 Å². The molecule has 0 unspecified atom stereocenters. The number of allylic oxidation sites excluding steroid dienone is 1. The Balaban J connectivity index is 3.04. The Bertz CT molecular complexity index is 625. The number of esters is 1. The predicted molar refractivity (Wildman–Crippen MR) is 86.0 cm³/mol. The molecule has 0 heterocycles. The van der Waals surface area contributed by atoms with Crippen molar-refractivity contribution in [2.24, 2.45) is 0 Å². The maximum Gasteiger partial charge on any atom is 0.338 e. The Labute approximate surface area is 132 Å². The Hall–Kier alpha value is -2.15. The molecule has 118 valence electrons. The molecule has 7 heteroatoms. The molecular formula is C15H17NO5S. The SMILES string of the molecule is COC(=O)c1cc([N+](=O)[O-])cc(C=CCCSC(C)=O)c1C. The van der Waals surface area contributed by atoms with Gasteiger partial charge in [0.25, 0.3) is 5.69 Å². The molecule has 0 amide bonds. The van der Waals surface area contributed by atoms with Gasteiger partial charge in [0.05, 0.1) is 17.6 Å². The van der Waals surface area contributed by atoms with E-state index in [1.807, 2.05) is 6.08 Å². The summed E-state index contributed by atoms with van der Waals surface area (Å²) >= 11 is 1.22. The molecule has 1 aromatic carbocycles. The third kappa shape index (κ3) is 5.00. The molecular weight excluding hydrogens is 306 g/mol. The van der Waals surface area contributed by atoms with Crippen LogP contribution in [0.4, 0.5) is 5.69 Å². The first-order valence-corrected chi connectivity index (χ1v) is 7.52. The highest BCUT2D eigenvalue weighted by atomic mass is 32.2. The van der Waals surface area contributed by atoms with Crippen LogP contribution in [0, 0.1) is 17.0 Å². The molecule has 0 aliphatic rings. The van der Waals surface area contributed by atoms with Crippen molar-refractivity contribution in [1.82, 2.24) is 0 Å². The fourth-order valence-corrected chi connectivity index (χ4v) is 2.34. The number of nitrogens with zero attached hydrogens (tertiary/aromatic N) is 1. The van der Waals surface area contributed by atoms with Gasteiger partial charge in [0, 0.05) is 24.8 Å². The lowest BCUT2D eigenvalue weighted by Crippen LogP contribution is -2.06. The highest BCUT2D eigenvalue weighted by Gasteiger charge is 2.18. The van der Waals surface area contributed by atoms with E-state index in [4.69, 9.17) is 0 Å². The first-order valence-electron chi connectivity index (χ1n) is 6.54. The maximum absolute atomic E-state index is 11.7. The molecule has 0 saturated heterocycles. The first-order chi connectivity index (χ1) is 10.4. The molecule has 1 aromatic rings. The zero-order valence-electron chi connectivity index (χ0n) is 12.6. The summed E-state index contributed by atoms with van der Waals surface area (Å²) in [6, 6.07) is 2.63. The standard InChI is InChI=1S/C15H17NO5S/c1-10-12(6-4-5-7-22-11(2)17)8-13(16(19)20)9-14(10)15(18)21-3/h4,6,8-9H,5,7H2,1-3H3. The van der Waals surface area contributed by atoms with Gasteiger partial charge in [-0.05, 0) is 24.5 Å². The van der Waals surface area contributed by atoms with Gasteiger partial charge >= 0.3 is 5.97 Å². The molecule has 0 N–H and O–H groups in total. The molecule has 0 radical (unpaired) electrons. The Morgan fingerprint density at radius 1 is 1.41 bits per heavy atom. The van der Waals surface area contributed by atoms with E-state index in [1.165, 1.54) is 37.9 Å². The first kappa shape index (κ1) is 17.9. The highest BCUT2D eigenvalue weighted by molar-refractivity contribution is 8.13. The van der Waals surface area contributed by atoms with Crippen molar-refractivity contribution in [3.63, 3.8) is 0 Å². The van der Waals surface area contributed by atoms with Gasteiger partial charge in [0.15, 0.2) is 5.12 Å². The molecule has 0 aliphatic heterocycles. The van der Waals surface area contributed by atoms with Gasteiger partial charge in [-0.1, -0.05) is 23.9 Å². The molecule has 0 bridgehead atoms. The van der Waals surface area contributed by atoms with Crippen LogP contribution in [0.2, 0.25) is 0 Å². The topological polar surface area (TPSA) is 86.5 Å². The number of nitro benzene ring substituents is 1. The van der Waals surface area contributed by atoms with Crippen LogP contribution in [0.1, 0.15) is 34.8 Å². The summed E-state index contributed by atoms with van der Waals surface area (Å²) in [6.07, 6.45) is 4.19. The molecule has 1 rings (SSSR count). The number of non-ortho nitro benzene ring substituents is 1. The molecule has 0 spiro atoms. The van der Waals surface area contributed by atoms with Crippen molar-refractivity contribution in [3.8, 4) is 0 Å². The van der Waals surface area contributed by atoms with E-state index in [1.54, 1.807) is 13.0 Å². The summed E-state index contributed by atoms with van der Waals surface area (Å²) in [5.74, 6) is 0.0342. The number of carbonyl (C=O) groups is 2. The van der Waals surface area contributed by atoms with Crippen LogP contribution in [-0.2, 0) is 9.53 Å². The average molecular weight is 323 g/mol. The van der Waals surface area contributed by atoms with Gasteiger partial charge in [-0.2, -0.15) is 0 Å². The van der Waals surface area contributed by atoms with Crippen LogP contribution in [0.5, 0.6) is 0 Å². The number of hydrogen-bond acceptors (Lipinski definition) is 6. The van der Waals surface area contributed by atoms with Crippen molar-refractivity contribution in [3.05, 3.63) is 45.0 Å². The highest BCUT2D eigenvalue weighted by Crippen LogP contribution is 2.24. The lowest BCUT2D eigenvalue weighted by molar-refractivity contribution is -0.384. The quantitative estimate of drug-likeness (QED) is 0.345. The second-order valence-corrected chi connectivity index (χ2v) is 5.76. The molecule has 0 saturated carbocycles. The third-order valence-electron chi connectivity index (χ3n) is 2.94. The molecule has 6 nitrogen and oxygen atoms in total. The average Bonchev–Trinajstić information content (AvgIpc) is 2.47. The van der Waals surface area contributed by atoms with Crippen LogP contribution < -0.4 is 0 Å².